The molecule has 0 aliphatic heterocycles. The summed E-state index contributed by atoms with van der Waals surface area (Å²) in [6.45, 7) is 0.381. The molecule has 1 saturated carbocycles. The summed E-state index contributed by atoms with van der Waals surface area (Å²) >= 11 is 0. The molecule has 3 rings (SSSR count). The molecule has 0 saturated heterocycles. The Balaban J connectivity index is 1.47. The van der Waals surface area contributed by atoms with Crippen LogP contribution in [-0.2, 0) is 6.54 Å². The zero-order chi connectivity index (χ0) is 15.4. The van der Waals surface area contributed by atoms with Gasteiger partial charge in [-0.1, -0.05) is 30.3 Å². The lowest BCUT2D eigenvalue weighted by Gasteiger charge is -2.07. The lowest BCUT2D eigenvalue weighted by atomic mass is 10.1. The number of pyridine rings is 1. The molecule has 5 heteroatoms. The summed E-state index contributed by atoms with van der Waals surface area (Å²) in [4.78, 5) is 15.8. The molecule has 0 bridgehead atoms. The second-order valence-electron chi connectivity index (χ2n) is 5.35. The summed E-state index contributed by atoms with van der Waals surface area (Å²) in [5.41, 5.74) is 2.48. The van der Waals surface area contributed by atoms with Gasteiger partial charge in [-0.15, -0.1) is 0 Å². The summed E-state index contributed by atoms with van der Waals surface area (Å²) in [6, 6.07) is 15.7. The fourth-order valence-electron chi connectivity index (χ4n) is 2.47. The standard InChI is InChI=1S/C17H16N4O/c18-10-14-8-12(6-7-19-14)11-20-17(22)21-16-9-15(16)13-4-2-1-3-5-13/h1-8,15-16H,9,11H2,(H2,20,21,22)/t15-,16+/m0/s1. The van der Waals surface area contributed by atoms with Crippen LogP contribution in [-0.4, -0.2) is 17.1 Å². The molecule has 1 aliphatic carbocycles. The predicted octanol–water partition coefficient (Wildman–Crippen LogP) is 2.31. The van der Waals surface area contributed by atoms with Crippen LogP contribution in [0, 0.1) is 11.3 Å². The molecule has 110 valence electrons. The minimum atomic E-state index is -0.182. The van der Waals surface area contributed by atoms with Gasteiger partial charge < -0.3 is 10.6 Å². The van der Waals surface area contributed by atoms with Crippen LogP contribution in [0.2, 0.25) is 0 Å². The van der Waals surface area contributed by atoms with E-state index in [1.54, 1.807) is 18.3 Å². The first-order chi connectivity index (χ1) is 10.8. The number of hydrogen-bond acceptors (Lipinski definition) is 3. The third-order valence-corrected chi connectivity index (χ3v) is 3.73. The van der Waals surface area contributed by atoms with Gasteiger partial charge in [-0.3, -0.25) is 0 Å². The van der Waals surface area contributed by atoms with Crippen LogP contribution >= 0.6 is 0 Å². The molecule has 1 fully saturated rings. The Hall–Kier alpha value is -2.87. The lowest BCUT2D eigenvalue weighted by Crippen LogP contribution is -2.36. The van der Waals surface area contributed by atoms with Crippen molar-refractivity contribution >= 4 is 6.03 Å². The molecular weight excluding hydrogens is 276 g/mol. The monoisotopic (exact) mass is 292 g/mol. The van der Waals surface area contributed by atoms with E-state index in [1.807, 2.05) is 24.3 Å². The fraction of sp³-hybridized carbons (Fsp3) is 0.235. The lowest BCUT2D eigenvalue weighted by molar-refractivity contribution is 0.240. The van der Waals surface area contributed by atoms with Crippen molar-refractivity contribution in [2.75, 3.05) is 0 Å². The highest BCUT2D eigenvalue weighted by Gasteiger charge is 2.39. The van der Waals surface area contributed by atoms with Gasteiger partial charge in [0.2, 0.25) is 0 Å². The van der Waals surface area contributed by atoms with E-state index in [1.165, 1.54) is 5.56 Å². The molecule has 1 aliphatic rings. The number of carbonyl (C=O) groups excluding carboxylic acids is 1. The van der Waals surface area contributed by atoms with Crippen LogP contribution in [0.1, 0.15) is 29.2 Å². The molecular formula is C17H16N4O. The molecule has 2 N–H and O–H groups in total. The van der Waals surface area contributed by atoms with E-state index >= 15 is 0 Å². The normalized spacial score (nSPS) is 19.0. The third kappa shape index (κ3) is 3.41. The van der Waals surface area contributed by atoms with Gasteiger partial charge in [-0.25, -0.2) is 9.78 Å². The molecule has 2 aromatic rings. The highest BCUT2D eigenvalue weighted by atomic mass is 16.2. The van der Waals surface area contributed by atoms with Crippen molar-refractivity contribution in [1.29, 1.82) is 5.26 Å². The molecule has 2 amide bonds. The van der Waals surface area contributed by atoms with E-state index in [9.17, 15) is 4.79 Å². The van der Waals surface area contributed by atoms with Crippen molar-refractivity contribution in [2.24, 2.45) is 0 Å². The van der Waals surface area contributed by atoms with E-state index in [0.29, 0.717) is 18.2 Å². The first-order valence-electron chi connectivity index (χ1n) is 7.20. The number of amides is 2. The van der Waals surface area contributed by atoms with Gasteiger partial charge in [0.15, 0.2) is 0 Å². The van der Waals surface area contributed by atoms with E-state index in [4.69, 9.17) is 5.26 Å². The smallest absolute Gasteiger partial charge is 0.315 e. The Bertz CT molecular complexity index is 708. The molecule has 0 unspecified atom stereocenters. The summed E-state index contributed by atoms with van der Waals surface area (Å²) in [5.74, 6) is 0.415. The summed E-state index contributed by atoms with van der Waals surface area (Å²) in [6.07, 6.45) is 2.55. The molecule has 22 heavy (non-hydrogen) atoms. The minimum absolute atomic E-state index is 0.182. The predicted molar refractivity (Wildman–Crippen MR) is 81.9 cm³/mol. The number of nitrogens with zero attached hydrogens (tertiary/aromatic N) is 2. The number of urea groups is 1. The van der Waals surface area contributed by atoms with Gasteiger partial charge in [0.05, 0.1) is 0 Å². The molecule has 0 spiro atoms. The Labute approximate surface area is 129 Å². The zero-order valence-corrected chi connectivity index (χ0v) is 12.0. The second-order valence-corrected chi connectivity index (χ2v) is 5.35. The van der Waals surface area contributed by atoms with Crippen LogP contribution in [0.25, 0.3) is 0 Å². The first-order valence-corrected chi connectivity index (χ1v) is 7.20. The van der Waals surface area contributed by atoms with Crippen molar-refractivity contribution < 1.29 is 4.79 Å². The van der Waals surface area contributed by atoms with Gasteiger partial charge in [0.25, 0.3) is 0 Å². The fourth-order valence-corrected chi connectivity index (χ4v) is 2.47. The van der Waals surface area contributed by atoms with Crippen molar-refractivity contribution in [3.05, 3.63) is 65.5 Å². The highest BCUT2D eigenvalue weighted by Crippen LogP contribution is 2.40. The van der Waals surface area contributed by atoms with Crippen molar-refractivity contribution in [1.82, 2.24) is 15.6 Å². The molecule has 1 heterocycles. The van der Waals surface area contributed by atoms with Crippen LogP contribution in [0.15, 0.2) is 48.7 Å². The topological polar surface area (TPSA) is 77.8 Å². The van der Waals surface area contributed by atoms with Gasteiger partial charge in [0.1, 0.15) is 11.8 Å². The van der Waals surface area contributed by atoms with Crippen LogP contribution in [0.3, 0.4) is 0 Å². The van der Waals surface area contributed by atoms with E-state index in [2.05, 4.69) is 27.8 Å². The van der Waals surface area contributed by atoms with E-state index in [-0.39, 0.29) is 12.1 Å². The van der Waals surface area contributed by atoms with Crippen molar-refractivity contribution in [2.45, 2.75) is 24.9 Å². The molecule has 2 atom stereocenters. The molecule has 1 aromatic carbocycles. The number of carbonyl (C=O) groups is 1. The summed E-state index contributed by atoms with van der Waals surface area (Å²) in [7, 11) is 0. The number of benzene rings is 1. The molecule has 0 radical (unpaired) electrons. The number of rotatable bonds is 4. The summed E-state index contributed by atoms with van der Waals surface area (Å²) in [5, 5.41) is 14.6. The number of nitrogens with one attached hydrogen (secondary N) is 2. The second kappa shape index (κ2) is 6.27. The van der Waals surface area contributed by atoms with Gasteiger partial charge in [0, 0.05) is 24.7 Å². The SMILES string of the molecule is N#Cc1cc(CNC(=O)N[C@@H]2C[C@H]2c2ccccc2)ccn1. The average molecular weight is 292 g/mol. The van der Waals surface area contributed by atoms with Crippen LogP contribution in [0.4, 0.5) is 4.79 Å². The van der Waals surface area contributed by atoms with Crippen LogP contribution < -0.4 is 10.6 Å². The number of nitriles is 1. The van der Waals surface area contributed by atoms with Gasteiger partial charge in [-0.05, 0) is 29.7 Å². The van der Waals surface area contributed by atoms with Gasteiger partial charge in [-0.2, -0.15) is 5.26 Å². The van der Waals surface area contributed by atoms with Crippen LogP contribution in [0.5, 0.6) is 0 Å². The largest absolute Gasteiger partial charge is 0.335 e. The molecule has 5 nitrogen and oxygen atoms in total. The maximum atomic E-state index is 11.9. The van der Waals surface area contributed by atoms with Crippen molar-refractivity contribution in [3.8, 4) is 6.07 Å². The minimum Gasteiger partial charge on any atom is -0.335 e. The highest BCUT2D eigenvalue weighted by molar-refractivity contribution is 5.74. The average Bonchev–Trinajstić information content (AvgIpc) is 3.33. The molecule has 1 aromatic heterocycles. The van der Waals surface area contributed by atoms with E-state index < -0.39 is 0 Å². The maximum absolute atomic E-state index is 11.9. The Morgan fingerprint density at radius 3 is 2.91 bits per heavy atom. The summed E-state index contributed by atoms with van der Waals surface area (Å²) < 4.78 is 0. The quantitative estimate of drug-likeness (QED) is 0.907. The third-order valence-electron chi connectivity index (χ3n) is 3.73. The van der Waals surface area contributed by atoms with E-state index in [0.717, 1.165) is 12.0 Å². The zero-order valence-electron chi connectivity index (χ0n) is 12.0. The van der Waals surface area contributed by atoms with Gasteiger partial charge >= 0.3 is 6.03 Å². The Morgan fingerprint density at radius 2 is 2.14 bits per heavy atom. The Kier molecular flexibility index (Phi) is 4.01. The Morgan fingerprint density at radius 1 is 1.32 bits per heavy atom. The number of aromatic nitrogens is 1. The first kappa shape index (κ1) is 14.1. The maximum Gasteiger partial charge on any atom is 0.315 e. The van der Waals surface area contributed by atoms with Crippen molar-refractivity contribution in [3.63, 3.8) is 0 Å². The number of hydrogen-bond donors (Lipinski definition) is 2.